The molecule has 4 aromatic carbocycles. The van der Waals surface area contributed by atoms with Crippen molar-refractivity contribution < 1.29 is 47.9 Å². The fraction of sp³-hybridized carbons (Fsp3) is 0.308. The number of aromatic carboxylic acids is 1. The average Bonchev–Trinajstić information content (AvgIpc) is 3.13. The van der Waals surface area contributed by atoms with Gasteiger partial charge in [0.2, 0.25) is 0 Å². The van der Waals surface area contributed by atoms with E-state index in [-0.39, 0.29) is 25.4 Å². The number of rotatable bonds is 16. The Morgan fingerprint density at radius 1 is 0.720 bits per heavy atom. The van der Waals surface area contributed by atoms with Gasteiger partial charge < -0.3 is 33.5 Å². The second-order valence-corrected chi connectivity index (χ2v) is 12.7. The van der Waals surface area contributed by atoms with E-state index in [9.17, 15) is 19.5 Å². The minimum Gasteiger partial charge on any atom is -0.478 e. The molecule has 10 nitrogen and oxygen atoms in total. The topological polar surface area (TPSA) is 127 Å². The Hall–Kier alpha value is -4.52. The summed E-state index contributed by atoms with van der Waals surface area (Å²) < 4.78 is 37.6. The molecular formula is C39H40O10S. The van der Waals surface area contributed by atoms with Crippen molar-refractivity contribution in [2.45, 2.75) is 68.8 Å². The molecule has 1 fully saturated rings. The van der Waals surface area contributed by atoms with Gasteiger partial charge in [0.05, 0.1) is 24.9 Å². The lowest BCUT2D eigenvalue weighted by atomic mass is 9.97. The molecule has 4 aromatic rings. The van der Waals surface area contributed by atoms with Gasteiger partial charge >= 0.3 is 17.9 Å². The van der Waals surface area contributed by atoms with Gasteiger partial charge in [-0.2, -0.15) is 0 Å². The van der Waals surface area contributed by atoms with Crippen LogP contribution in [-0.2, 0) is 51.2 Å². The highest BCUT2D eigenvalue weighted by Gasteiger charge is 2.51. The van der Waals surface area contributed by atoms with Crippen molar-refractivity contribution in [3.63, 3.8) is 0 Å². The summed E-state index contributed by atoms with van der Waals surface area (Å²) >= 11 is 1.61. The van der Waals surface area contributed by atoms with Gasteiger partial charge in [0.15, 0.2) is 12.4 Å². The summed E-state index contributed by atoms with van der Waals surface area (Å²) in [5.41, 5.74) is 2.59. The summed E-state index contributed by atoms with van der Waals surface area (Å²) in [5.74, 6) is -1.62. The molecule has 262 valence electrons. The normalized spacial score (nSPS) is 20.8. The van der Waals surface area contributed by atoms with Gasteiger partial charge in [-0.3, -0.25) is 9.59 Å². The van der Waals surface area contributed by atoms with Crippen LogP contribution in [0.5, 0.6) is 0 Å². The number of hydrogen-bond donors (Lipinski definition) is 1. The predicted octanol–water partition coefficient (Wildman–Crippen LogP) is 6.63. The first kappa shape index (κ1) is 36.8. The second kappa shape index (κ2) is 18.5. The number of esters is 2. The largest absolute Gasteiger partial charge is 0.478 e. The minimum absolute atomic E-state index is 0.0157. The third kappa shape index (κ3) is 10.7. The van der Waals surface area contributed by atoms with E-state index < -0.39 is 54.7 Å². The zero-order valence-electron chi connectivity index (χ0n) is 27.8. The van der Waals surface area contributed by atoms with E-state index >= 15 is 0 Å². The van der Waals surface area contributed by atoms with Crippen molar-refractivity contribution in [3.05, 3.63) is 138 Å². The molecule has 0 unspecified atom stereocenters. The van der Waals surface area contributed by atoms with Crippen LogP contribution in [0.15, 0.2) is 120 Å². The molecule has 1 aliphatic rings. The smallest absolute Gasteiger partial charge is 0.335 e. The zero-order valence-corrected chi connectivity index (χ0v) is 28.6. The molecular weight excluding hydrogens is 660 g/mol. The monoisotopic (exact) mass is 700 g/mol. The van der Waals surface area contributed by atoms with E-state index in [2.05, 4.69) is 0 Å². The predicted molar refractivity (Wildman–Crippen MR) is 185 cm³/mol. The van der Waals surface area contributed by atoms with Crippen molar-refractivity contribution in [1.29, 1.82) is 0 Å². The molecule has 0 saturated carbocycles. The summed E-state index contributed by atoms with van der Waals surface area (Å²) in [4.78, 5) is 37.2. The summed E-state index contributed by atoms with van der Waals surface area (Å²) in [6, 6.07) is 35.4. The Labute approximate surface area is 295 Å². The third-order valence-corrected chi connectivity index (χ3v) is 8.96. The lowest BCUT2D eigenvalue weighted by Gasteiger charge is -2.46. The van der Waals surface area contributed by atoms with Gasteiger partial charge in [-0.15, -0.1) is 11.8 Å². The number of thioether (sulfide) groups is 1. The summed E-state index contributed by atoms with van der Waals surface area (Å²) in [5, 5.41) is 9.34. The van der Waals surface area contributed by atoms with Gasteiger partial charge in [0, 0.05) is 24.5 Å². The fourth-order valence-corrected chi connectivity index (χ4v) is 6.43. The lowest BCUT2D eigenvalue weighted by Crippen LogP contribution is -2.62. The standard InChI is InChI=1S/C39H40O10S/c1-26(40)44-24-33-35(45-22-28-12-6-3-7-13-28)36(47-27(2)41)37(39(49-33)46-23-29-18-20-31(21-19-29)38(42)43)48-34(30-14-8-4-9-15-30)25-50-32-16-10-5-11-17-32/h3-21,33-37,39H,22-25H2,1-2H3,(H,42,43)/t33-,34-,35-,36+,37+,39+/m1/s1. The number of benzene rings is 4. The molecule has 0 spiro atoms. The van der Waals surface area contributed by atoms with E-state index in [1.165, 1.54) is 26.0 Å². The molecule has 5 rings (SSSR count). The molecule has 0 aliphatic carbocycles. The van der Waals surface area contributed by atoms with E-state index in [4.69, 9.17) is 28.4 Å². The van der Waals surface area contributed by atoms with Crippen LogP contribution >= 0.6 is 11.8 Å². The van der Waals surface area contributed by atoms with Gasteiger partial charge in [-0.05, 0) is 41.0 Å². The van der Waals surface area contributed by atoms with Crippen LogP contribution in [0.25, 0.3) is 0 Å². The van der Waals surface area contributed by atoms with Gasteiger partial charge in [0.1, 0.15) is 24.9 Å². The van der Waals surface area contributed by atoms with E-state index in [1.54, 1.807) is 23.9 Å². The summed E-state index contributed by atoms with van der Waals surface area (Å²) in [6.45, 7) is 2.58. The Morgan fingerprint density at radius 3 is 1.94 bits per heavy atom. The van der Waals surface area contributed by atoms with Crippen molar-refractivity contribution in [1.82, 2.24) is 0 Å². The summed E-state index contributed by atoms with van der Waals surface area (Å²) in [7, 11) is 0. The number of carboxylic acids is 1. The van der Waals surface area contributed by atoms with Gasteiger partial charge in [-0.1, -0.05) is 91.0 Å². The SMILES string of the molecule is CC(=O)OC[C@H]1O[C@H](OCc2ccc(C(=O)O)cc2)[C@@H](O[C@H](CSc2ccccc2)c2ccccc2)[C@@H](OC(C)=O)[C@@H]1OCc1ccccc1. The first-order valence-corrected chi connectivity index (χ1v) is 17.2. The number of carboxylic acid groups (broad SMARTS) is 1. The minimum atomic E-state index is -1.12. The molecule has 1 aliphatic heterocycles. The van der Waals surface area contributed by atoms with Crippen LogP contribution in [0, 0.1) is 0 Å². The molecule has 1 saturated heterocycles. The molecule has 6 atom stereocenters. The lowest BCUT2D eigenvalue weighted by molar-refractivity contribution is -0.327. The number of carbonyl (C=O) groups is 3. The highest BCUT2D eigenvalue weighted by Crippen LogP contribution is 2.36. The van der Waals surface area contributed by atoms with E-state index in [0.29, 0.717) is 11.3 Å². The van der Waals surface area contributed by atoms with Crippen LogP contribution in [0.3, 0.4) is 0 Å². The first-order chi connectivity index (χ1) is 24.3. The van der Waals surface area contributed by atoms with Crippen molar-refractivity contribution >= 4 is 29.7 Å². The molecule has 0 bridgehead atoms. The number of ether oxygens (including phenoxy) is 6. The highest BCUT2D eigenvalue weighted by atomic mass is 32.2. The Balaban J connectivity index is 1.50. The molecule has 50 heavy (non-hydrogen) atoms. The maximum atomic E-state index is 12.7. The van der Waals surface area contributed by atoms with Crippen LogP contribution in [0.2, 0.25) is 0 Å². The Bertz CT molecular complexity index is 1650. The van der Waals surface area contributed by atoms with Gasteiger partial charge in [-0.25, -0.2) is 4.79 Å². The van der Waals surface area contributed by atoms with E-state index in [1.807, 2.05) is 91.0 Å². The average molecular weight is 701 g/mol. The molecule has 1 N–H and O–H groups in total. The number of carbonyl (C=O) groups excluding carboxylic acids is 2. The summed E-state index contributed by atoms with van der Waals surface area (Å²) in [6.07, 6.45) is -5.50. The highest BCUT2D eigenvalue weighted by molar-refractivity contribution is 7.99. The molecule has 11 heteroatoms. The van der Waals surface area contributed by atoms with E-state index in [0.717, 1.165) is 16.0 Å². The Morgan fingerprint density at radius 2 is 1.32 bits per heavy atom. The van der Waals surface area contributed by atoms with Gasteiger partial charge in [0.25, 0.3) is 0 Å². The quantitative estimate of drug-likeness (QED) is 0.100. The zero-order chi connectivity index (χ0) is 35.3. The third-order valence-electron chi connectivity index (χ3n) is 7.88. The maximum Gasteiger partial charge on any atom is 0.335 e. The van der Waals surface area contributed by atoms with Crippen molar-refractivity contribution in [2.24, 2.45) is 0 Å². The molecule has 0 radical (unpaired) electrons. The molecule has 0 amide bonds. The molecule has 1 heterocycles. The van der Waals surface area contributed by atoms with Crippen molar-refractivity contribution in [2.75, 3.05) is 12.4 Å². The van der Waals surface area contributed by atoms with Crippen LogP contribution in [0.4, 0.5) is 0 Å². The first-order valence-electron chi connectivity index (χ1n) is 16.2. The molecule has 0 aromatic heterocycles. The second-order valence-electron chi connectivity index (χ2n) is 11.6. The number of hydrogen-bond acceptors (Lipinski definition) is 10. The van der Waals surface area contributed by atoms with Crippen LogP contribution < -0.4 is 0 Å². The Kier molecular flexibility index (Phi) is 13.6. The van der Waals surface area contributed by atoms with Crippen LogP contribution in [-0.4, -0.2) is 66.1 Å². The van der Waals surface area contributed by atoms with Crippen LogP contribution in [0.1, 0.15) is 47.0 Å². The fourth-order valence-electron chi connectivity index (χ4n) is 5.47. The van der Waals surface area contributed by atoms with Crippen molar-refractivity contribution in [3.8, 4) is 0 Å². The maximum absolute atomic E-state index is 12.7.